The Kier molecular flexibility index (Phi) is 3.29. The normalized spacial score (nSPS) is 19.6. The first kappa shape index (κ1) is 12.0. The van der Waals surface area contributed by atoms with Crippen LogP contribution in [0, 0.1) is 0 Å². The van der Waals surface area contributed by atoms with Crippen molar-refractivity contribution in [1.29, 1.82) is 0 Å². The molecule has 0 unspecified atom stereocenters. The summed E-state index contributed by atoms with van der Waals surface area (Å²) in [7, 11) is 0. The quantitative estimate of drug-likeness (QED) is 0.768. The molecule has 18 heavy (non-hydrogen) atoms. The third-order valence-electron chi connectivity index (χ3n) is 3.90. The SMILES string of the molecule is O=c1c(N(CCCl)C2CCC2)nccn1C1CC1. The van der Waals surface area contributed by atoms with Gasteiger partial charge in [0.1, 0.15) is 0 Å². The fraction of sp³-hybridized carbons (Fsp3) is 0.692. The Labute approximate surface area is 112 Å². The Morgan fingerprint density at radius 2 is 2.17 bits per heavy atom. The van der Waals surface area contributed by atoms with Gasteiger partial charge in [0.2, 0.25) is 0 Å². The molecular weight excluding hydrogens is 250 g/mol. The molecule has 0 amide bonds. The third kappa shape index (κ3) is 2.14. The van der Waals surface area contributed by atoms with Crippen molar-refractivity contribution in [1.82, 2.24) is 9.55 Å². The maximum Gasteiger partial charge on any atom is 0.293 e. The van der Waals surface area contributed by atoms with Crippen LogP contribution in [0.1, 0.15) is 38.1 Å². The van der Waals surface area contributed by atoms with E-state index in [0.29, 0.717) is 30.3 Å². The van der Waals surface area contributed by atoms with Crippen molar-refractivity contribution >= 4 is 17.4 Å². The number of aromatic nitrogens is 2. The zero-order valence-electron chi connectivity index (χ0n) is 10.4. The maximum atomic E-state index is 12.4. The highest BCUT2D eigenvalue weighted by Gasteiger charge is 2.30. The molecule has 1 heterocycles. The Hall–Kier alpha value is -1.03. The standard InChI is InChI=1S/C13H18ClN3O/c14-6-8-16(10-2-1-3-10)12-13(18)17(9-7-15-12)11-4-5-11/h7,9-11H,1-6,8H2. The summed E-state index contributed by atoms with van der Waals surface area (Å²) >= 11 is 5.86. The number of alkyl halides is 1. The lowest BCUT2D eigenvalue weighted by Crippen LogP contribution is -2.45. The molecule has 0 radical (unpaired) electrons. The van der Waals surface area contributed by atoms with E-state index in [0.717, 1.165) is 25.7 Å². The Balaban J connectivity index is 1.92. The average molecular weight is 268 g/mol. The lowest BCUT2D eigenvalue weighted by atomic mass is 9.91. The van der Waals surface area contributed by atoms with Crippen molar-refractivity contribution < 1.29 is 0 Å². The van der Waals surface area contributed by atoms with Gasteiger partial charge in [-0.15, -0.1) is 11.6 Å². The first-order chi connectivity index (χ1) is 8.81. The van der Waals surface area contributed by atoms with E-state index < -0.39 is 0 Å². The summed E-state index contributed by atoms with van der Waals surface area (Å²) < 4.78 is 1.84. The number of hydrogen-bond acceptors (Lipinski definition) is 3. The first-order valence-corrected chi connectivity index (χ1v) is 7.24. The molecule has 2 aliphatic carbocycles. The molecule has 0 saturated heterocycles. The van der Waals surface area contributed by atoms with E-state index in [4.69, 9.17) is 11.6 Å². The second kappa shape index (κ2) is 4.92. The van der Waals surface area contributed by atoms with E-state index in [-0.39, 0.29) is 5.56 Å². The van der Waals surface area contributed by atoms with Gasteiger partial charge in [-0.3, -0.25) is 4.79 Å². The highest BCUT2D eigenvalue weighted by Crippen LogP contribution is 2.34. The van der Waals surface area contributed by atoms with Crippen LogP contribution >= 0.6 is 11.6 Å². The summed E-state index contributed by atoms with van der Waals surface area (Å²) in [4.78, 5) is 18.8. The van der Waals surface area contributed by atoms with E-state index in [9.17, 15) is 4.79 Å². The minimum atomic E-state index is 0.0528. The molecule has 0 N–H and O–H groups in total. The monoisotopic (exact) mass is 267 g/mol. The van der Waals surface area contributed by atoms with E-state index in [1.54, 1.807) is 6.20 Å². The molecule has 5 heteroatoms. The molecule has 0 atom stereocenters. The van der Waals surface area contributed by atoms with Gasteiger partial charge < -0.3 is 9.47 Å². The van der Waals surface area contributed by atoms with Gasteiger partial charge in [-0.2, -0.15) is 0 Å². The molecule has 0 aromatic carbocycles. The van der Waals surface area contributed by atoms with Crippen LogP contribution in [0.3, 0.4) is 0 Å². The van der Waals surface area contributed by atoms with Crippen molar-refractivity contribution in [3.63, 3.8) is 0 Å². The predicted octanol–water partition coefficient (Wildman–Crippen LogP) is 2.18. The summed E-state index contributed by atoms with van der Waals surface area (Å²) in [5.41, 5.74) is 0.0528. The summed E-state index contributed by atoms with van der Waals surface area (Å²) in [5, 5.41) is 0. The largest absolute Gasteiger partial charge is 0.348 e. The molecule has 0 bridgehead atoms. The van der Waals surface area contributed by atoms with E-state index in [1.807, 2.05) is 10.8 Å². The molecule has 2 fully saturated rings. The fourth-order valence-corrected chi connectivity index (χ4v) is 2.68. The van der Waals surface area contributed by atoms with Gasteiger partial charge in [-0.1, -0.05) is 0 Å². The van der Waals surface area contributed by atoms with Gasteiger partial charge in [0.05, 0.1) is 0 Å². The molecule has 0 aliphatic heterocycles. The Morgan fingerprint density at radius 3 is 2.72 bits per heavy atom. The van der Waals surface area contributed by atoms with E-state index >= 15 is 0 Å². The zero-order chi connectivity index (χ0) is 12.5. The number of nitrogens with zero attached hydrogens (tertiary/aromatic N) is 3. The minimum absolute atomic E-state index is 0.0528. The Bertz CT molecular complexity index is 479. The van der Waals surface area contributed by atoms with Crippen LogP contribution in [0.15, 0.2) is 17.2 Å². The number of halogens is 1. The fourth-order valence-electron chi connectivity index (χ4n) is 2.50. The van der Waals surface area contributed by atoms with Gasteiger partial charge in [-0.05, 0) is 32.1 Å². The number of anilines is 1. The second-order valence-electron chi connectivity index (χ2n) is 5.16. The number of hydrogen-bond donors (Lipinski definition) is 0. The summed E-state index contributed by atoms with van der Waals surface area (Å²) in [6.07, 6.45) is 9.32. The van der Waals surface area contributed by atoms with Crippen LogP contribution < -0.4 is 10.5 Å². The predicted molar refractivity (Wildman–Crippen MR) is 72.5 cm³/mol. The minimum Gasteiger partial charge on any atom is -0.348 e. The average Bonchev–Trinajstić information content (AvgIpc) is 3.10. The van der Waals surface area contributed by atoms with Crippen molar-refractivity contribution in [2.24, 2.45) is 0 Å². The highest BCUT2D eigenvalue weighted by atomic mass is 35.5. The van der Waals surface area contributed by atoms with Crippen LogP contribution in [-0.4, -0.2) is 28.0 Å². The van der Waals surface area contributed by atoms with Crippen molar-refractivity contribution in [2.75, 3.05) is 17.3 Å². The zero-order valence-corrected chi connectivity index (χ0v) is 11.1. The van der Waals surface area contributed by atoms with E-state index in [1.165, 1.54) is 6.42 Å². The van der Waals surface area contributed by atoms with Crippen LogP contribution in [0.4, 0.5) is 5.82 Å². The molecule has 0 spiro atoms. The topological polar surface area (TPSA) is 38.1 Å². The molecule has 98 valence electrons. The molecule has 2 saturated carbocycles. The molecule has 2 aliphatic rings. The highest BCUT2D eigenvalue weighted by molar-refractivity contribution is 6.18. The van der Waals surface area contributed by atoms with E-state index in [2.05, 4.69) is 9.88 Å². The summed E-state index contributed by atoms with van der Waals surface area (Å²) in [6.45, 7) is 0.711. The van der Waals surface area contributed by atoms with Crippen LogP contribution in [0.2, 0.25) is 0 Å². The summed E-state index contributed by atoms with van der Waals surface area (Å²) in [6, 6.07) is 0.859. The van der Waals surface area contributed by atoms with Crippen molar-refractivity contribution in [2.45, 2.75) is 44.2 Å². The summed E-state index contributed by atoms with van der Waals surface area (Å²) in [5.74, 6) is 1.13. The molecule has 4 nitrogen and oxygen atoms in total. The van der Waals surface area contributed by atoms with Gasteiger partial charge in [0, 0.05) is 36.9 Å². The lowest BCUT2D eigenvalue weighted by molar-refractivity contribution is 0.387. The van der Waals surface area contributed by atoms with Gasteiger partial charge >= 0.3 is 0 Å². The van der Waals surface area contributed by atoms with Crippen LogP contribution in [0.25, 0.3) is 0 Å². The Morgan fingerprint density at radius 1 is 1.39 bits per heavy atom. The van der Waals surface area contributed by atoms with Gasteiger partial charge in [0.15, 0.2) is 5.82 Å². The van der Waals surface area contributed by atoms with Crippen molar-refractivity contribution in [3.05, 3.63) is 22.7 Å². The van der Waals surface area contributed by atoms with Crippen molar-refractivity contribution in [3.8, 4) is 0 Å². The van der Waals surface area contributed by atoms with Gasteiger partial charge in [-0.25, -0.2) is 4.98 Å². The first-order valence-electron chi connectivity index (χ1n) is 6.71. The maximum absolute atomic E-state index is 12.4. The molecule has 1 aromatic heterocycles. The van der Waals surface area contributed by atoms with Crippen LogP contribution in [0.5, 0.6) is 0 Å². The molecule has 3 rings (SSSR count). The van der Waals surface area contributed by atoms with Crippen LogP contribution in [-0.2, 0) is 0 Å². The third-order valence-corrected chi connectivity index (χ3v) is 4.07. The lowest BCUT2D eigenvalue weighted by Gasteiger charge is -2.37. The smallest absolute Gasteiger partial charge is 0.293 e. The molecule has 1 aromatic rings. The van der Waals surface area contributed by atoms with Gasteiger partial charge in [0.25, 0.3) is 5.56 Å². The number of rotatable bonds is 5. The second-order valence-corrected chi connectivity index (χ2v) is 5.54. The molecular formula is C13H18ClN3O.